The number of fused-ring (bicyclic) bond motifs is 1. The average molecular weight is 485 g/mol. The predicted molar refractivity (Wildman–Crippen MR) is 134 cm³/mol. The van der Waals surface area contributed by atoms with E-state index in [0.29, 0.717) is 13.0 Å². The maximum Gasteiger partial charge on any atom is 0.229 e. The quantitative estimate of drug-likeness (QED) is 0.349. The van der Waals surface area contributed by atoms with Crippen LogP contribution in [0.1, 0.15) is 18.9 Å². The maximum atomic E-state index is 13.0. The number of nitrogens with zero attached hydrogens (tertiary/aromatic N) is 3. The minimum absolute atomic E-state index is 0. The normalized spacial score (nSPS) is 11.0. The molecule has 0 saturated carbocycles. The van der Waals surface area contributed by atoms with E-state index in [4.69, 9.17) is 16.6 Å². The fourth-order valence-electron chi connectivity index (χ4n) is 2.84. The Morgan fingerprint density at radius 1 is 1.13 bits per heavy atom. The number of hydrogen-bond acceptors (Lipinski definition) is 5. The molecule has 162 valence electrons. The number of anilines is 1. The minimum Gasteiger partial charge on any atom is -0.308 e. The Hall–Kier alpha value is -1.31. The molecule has 0 atom stereocenters. The fourth-order valence-corrected chi connectivity index (χ4v) is 4.88. The molecule has 4 nitrogen and oxygen atoms in total. The van der Waals surface area contributed by atoms with Crippen molar-refractivity contribution in [3.8, 4) is 0 Å². The number of halogens is 2. The summed E-state index contributed by atoms with van der Waals surface area (Å²) in [6, 6.07) is 14.1. The first-order valence-corrected chi connectivity index (χ1v) is 11.9. The molecule has 30 heavy (non-hydrogen) atoms. The summed E-state index contributed by atoms with van der Waals surface area (Å²) in [5.74, 6) is 0.840. The van der Waals surface area contributed by atoms with Crippen LogP contribution in [0, 0.1) is 0 Å². The van der Waals surface area contributed by atoms with Crippen LogP contribution in [0.3, 0.4) is 0 Å². The zero-order valence-electron chi connectivity index (χ0n) is 17.4. The van der Waals surface area contributed by atoms with E-state index in [9.17, 15) is 4.79 Å². The van der Waals surface area contributed by atoms with Gasteiger partial charge in [-0.2, -0.15) is 0 Å². The summed E-state index contributed by atoms with van der Waals surface area (Å²) < 4.78 is 1.14. The molecule has 8 heteroatoms. The molecule has 0 aliphatic rings. The molecule has 3 rings (SSSR count). The van der Waals surface area contributed by atoms with Crippen LogP contribution in [-0.2, 0) is 11.2 Å². The lowest BCUT2D eigenvalue weighted by Gasteiger charge is -2.22. The number of rotatable bonds is 9. The van der Waals surface area contributed by atoms with E-state index in [2.05, 4.69) is 30.0 Å². The first-order chi connectivity index (χ1) is 14.0. The predicted octanol–water partition coefficient (Wildman–Crippen LogP) is 6.01. The molecule has 0 N–H and O–H groups in total. The van der Waals surface area contributed by atoms with Crippen LogP contribution in [0.25, 0.3) is 10.2 Å². The van der Waals surface area contributed by atoms with Gasteiger partial charge in [0.05, 0.1) is 10.2 Å². The number of thioether (sulfide) groups is 1. The first-order valence-electron chi connectivity index (χ1n) is 9.69. The Morgan fingerprint density at radius 2 is 1.87 bits per heavy atom. The third-order valence-corrected chi connectivity index (χ3v) is 6.86. The zero-order valence-corrected chi connectivity index (χ0v) is 20.6. The summed E-state index contributed by atoms with van der Waals surface area (Å²) in [7, 11) is 4.04. The van der Waals surface area contributed by atoms with Crippen molar-refractivity contribution in [2.24, 2.45) is 0 Å². The summed E-state index contributed by atoms with van der Waals surface area (Å²) >= 11 is 9.21. The second-order valence-electron chi connectivity index (χ2n) is 7.05. The van der Waals surface area contributed by atoms with Gasteiger partial charge in [0.1, 0.15) is 0 Å². The van der Waals surface area contributed by atoms with Gasteiger partial charge < -0.3 is 4.90 Å². The molecule has 0 fully saturated rings. The van der Waals surface area contributed by atoms with E-state index >= 15 is 0 Å². The number of aromatic nitrogens is 1. The highest BCUT2D eigenvalue weighted by molar-refractivity contribution is 7.99. The standard InChI is InChI=1S/C22H26ClN3OS2.ClH/c1-4-16-5-10-19-20(15-16)29-22(24-19)26(13-12-25(2)3)21(27)11-14-28-18-8-6-17(23)7-9-18;/h5-10,15H,4,11-14H2,1-3H3;1H. The molecule has 0 aliphatic carbocycles. The third-order valence-electron chi connectivity index (χ3n) is 4.55. The zero-order chi connectivity index (χ0) is 20.8. The molecule has 0 aliphatic heterocycles. The number of hydrogen-bond donors (Lipinski definition) is 0. The first kappa shape index (κ1) is 25.0. The minimum atomic E-state index is 0. The van der Waals surface area contributed by atoms with Gasteiger partial charge in [0, 0.05) is 35.2 Å². The number of thiazole rings is 1. The van der Waals surface area contributed by atoms with Crippen molar-refractivity contribution in [2.45, 2.75) is 24.7 Å². The lowest BCUT2D eigenvalue weighted by molar-refractivity contribution is -0.118. The molecule has 0 saturated heterocycles. The SMILES string of the molecule is CCc1ccc2nc(N(CCN(C)C)C(=O)CCSc3ccc(Cl)cc3)sc2c1.Cl. The van der Waals surface area contributed by atoms with Gasteiger partial charge in [-0.25, -0.2) is 4.98 Å². The van der Waals surface area contributed by atoms with Crippen LogP contribution in [0.5, 0.6) is 0 Å². The van der Waals surface area contributed by atoms with Crippen molar-refractivity contribution < 1.29 is 4.79 Å². The summed E-state index contributed by atoms with van der Waals surface area (Å²) in [5.41, 5.74) is 2.25. The van der Waals surface area contributed by atoms with E-state index < -0.39 is 0 Å². The van der Waals surface area contributed by atoms with Gasteiger partial charge in [0.2, 0.25) is 5.91 Å². The van der Waals surface area contributed by atoms with Crippen LogP contribution >= 0.6 is 47.1 Å². The third kappa shape index (κ3) is 6.86. The maximum absolute atomic E-state index is 13.0. The molecule has 1 amide bonds. The van der Waals surface area contributed by atoms with Crippen molar-refractivity contribution in [1.29, 1.82) is 0 Å². The largest absolute Gasteiger partial charge is 0.308 e. The van der Waals surface area contributed by atoms with E-state index in [0.717, 1.165) is 44.0 Å². The summed E-state index contributed by atoms with van der Waals surface area (Å²) in [6.07, 6.45) is 1.46. The Kier molecular flexibility index (Phi) is 9.91. The molecular weight excluding hydrogens is 457 g/mol. The molecule has 1 aromatic heterocycles. The molecule has 1 heterocycles. The van der Waals surface area contributed by atoms with Crippen molar-refractivity contribution >= 4 is 68.4 Å². The highest BCUT2D eigenvalue weighted by Crippen LogP contribution is 2.30. The van der Waals surface area contributed by atoms with Crippen LogP contribution in [0.15, 0.2) is 47.4 Å². The molecule has 0 radical (unpaired) electrons. The van der Waals surface area contributed by atoms with Crippen LogP contribution in [0.2, 0.25) is 5.02 Å². The van der Waals surface area contributed by atoms with Crippen LogP contribution in [0.4, 0.5) is 5.13 Å². The summed E-state index contributed by atoms with van der Waals surface area (Å²) in [5, 5.41) is 1.51. The van der Waals surface area contributed by atoms with Gasteiger partial charge >= 0.3 is 0 Å². The molecule has 0 bridgehead atoms. The topological polar surface area (TPSA) is 36.4 Å². The van der Waals surface area contributed by atoms with Gasteiger partial charge in [0.15, 0.2) is 5.13 Å². The molecular formula is C22H27Cl2N3OS2. The number of benzene rings is 2. The fraction of sp³-hybridized carbons (Fsp3) is 0.364. The number of likely N-dealkylation sites (N-methyl/N-ethyl adjacent to an activating group) is 1. The Balaban J connectivity index is 0.00000320. The van der Waals surface area contributed by atoms with Gasteiger partial charge in [-0.3, -0.25) is 9.69 Å². The number of aryl methyl sites for hydroxylation is 1. The summed E-state index contributed by atoms with van der Waals surface area (Å²) in [4.78, 5) is 22.8. The van der Waals surface area contributed by atoms with Gasteiger partial charge in [-0.15, -0.1) is 24.2 Å². The van der Waals surface area contributed by atoms with E-state index in [1.54, 1.807) is 23.1 Å². The van der Waals surface area contributed by atoms with E-state index in [1.807, 2.05) is 43.3 Å². The van der Waals surface area contributed by atoms with Crippen molar-refractivity contribution in [3.05, 3.63) is 53.1 Å². The monoisotopic (exact) mass is 483 g/mol. The second-order valence-corrected chi connectivity index (χ2v) is 9.67. The Labute approximate surface area is 198 Å². The summed E-state index contributed by atoms with van der Waals surface area (Å²) in [6.45, 7) is 3.58. The lowest BCUT2D eigenvalue weighted by atomic mass is 10.2. The Morgan fingerprint density at radius 3 is 2.53 bits per heavy atom. The average Bonchev–Trinajstić information content (AvgIpc) is 3.12. The molecule has 3 aromatic rings. The molecule has 2 aromatic carbocycles. The van der Waals surface area contributed by atoms with Crippen LogP contribution in [-0.4, -0.2) is 48.7 Å². The van der Waals surface area contributed by atoms with Crippen molar-refractivity contribution in [1.82, 2.24) is 9.88 Å². The van der Waals surface area contributed by atoms with Crippen molar-refractivity contribution in [3.63, 3.8) is 0 Å². The van der Waals surface area contributed by atoms with Crippen LogP contribution < -0.4 is 4.90 Å². The number of carbonyl (C=O) groups is 1. The van der Waals surface area contributed by atoms with E-state index in [-0.39, 0.29) is 18.3 Å². The second kappa shape index (κ2) is 11.9. The Bertz CT molecular complexity index is 961. The van der Waals surface area contributed by atoms with Gasteiger partial charge in [-0.1, -0.05) is 35.9 Å². The van der Waals surface area contributed by atoms with Gasteiger partial charge in [-0.05, 0) is 62.5 Å². The highest BCUT2D eigenvalue weighted by Gasteiger charge is 2.20. The van der Waals surface area contributed by atoms with Crippen molar-refractivity contribution in [2.75, 3.05) is 37.8 Å². The highest BCUT2D eigenvalue weighted by atomic mass is 35.5. The smallest absolute Gasteiger partial charge is 0.229 e. The van der Waals surface area contributed by atoms with Gasteiger partial charge in [0.25, 0.3) is 0 Å². The molecule has 0 unspecified atom stereocenters. The van der Waals surface area contributed by atoms with E-state index in [1.165, 1.54) is 5.56 Å². The number of carbonyl (C=O) groups excluding carboxylic acids is 1. The lowest BCUT2D eigenvalue weighted by Crippen LogP contribution is -2.36. The number of amides is 1. The molecule has 0 spiro atoms.